The van der Waals surface area contributed by atoms with Crippen LogP contribution in [0.25, 0.3) is 0 Å². The second kappa shape index (κ2) is 4.63. The van der Waals surface area contributed by atoms with Crippen LogP contribution in [0.3, 0.4) is 0 Å². The van der Waals surface area contributed by atoms with Crippen LogP contribution in [0.2, 0.25) is 0 Å². The summed E-state index contributed by atoms with van der Waals surface area (Å²) < 4.78 is 0. The van der Waals surface area contributed by atoms with E-state index in [2.05, 4.69) is 29.3 Å². The van der Waals surface area contributed by atoms with Crippen LogP contribution in [0.1, 0.15) is 37.7 Å². The van der Waals surface area contributed by atoms with Crippen molar-refractivity contribution in [3.05, 3.63) is 29.8 Å². The first-order valence-corrected chi connectivity index (χ1v) is 6.94. The van der Waals surface area contributed by atoms with Crippen LogP contribution in [0, 0.1) is 0 Å². The minimum absolute atomic E-state index is 0.0216. The number of para-hydroxylation sites is 1. The summed E-state index contributed by atoms with van der Waals surface area (Å²) in [6.07, 6.45) is 3.41. The quantitative estimate of drug-likeness (QED) is 0.867. The Morgan fingerprint density at radius 1 is 1.44 bits per heavy atom. The number of hydrogen-bond acceptors (Lipinski definition) is 2. The largest absolute Gasteiger partial charge is 0.384 e. The molecule has 0 bridgehead atoms. The molecule has 2 atom stereocenters. The number of nitrogens with zero attached hydrogens (tertiary/aromatic N) is 1. The van der Waals surface area contributed by atoms with Crippen LogP contribution in [-0.2, 0) is 4.79 Å². The van der Waals surface area contributed by atoms with Gasteiger partial charge in [-0.05, 0) is 30.9 Å². The summed E-state index contributed by atoms with van der Waals surface area (Å²) in [7, 11) is 0. The minimum atomic E-state index is 0.0216. The Morgan fingerprint density at radius 2 is 2.28 bits per heavy atom. The normalized spacial score (nSPS) is 25.9. The molecule has 0 radical (unpaired) electrons. The fourth-order valence-electron chi connectivity index (χ4n) is 3.25. The highest BCUT2D eigenvalue weighted by molar-refractivity contribution is 5.88. The van der Waals surface area contributed by atoms with Gasteiger partial charge in [0.1, 0.15) is 0 Å². The van der Waals surface area contributed by atoms with Crippen molar-refractivity contribution in [1.29, 1.82) is 0 Å². The lowest BCUT2D eigenvalue weighted by molar-refractivity contribution is -0.133. The molecule has 0 aliphatic carbocycles. The lowest BCUT2D eigenvalue weighted by Crippen LogP contribution is -2.39. The lowest BCUT2D eigenvalue weighted by atomic mass is 9.99. The maximum absolute atomic E-state index is 12.7. The maximum atomic E-state index is 12.7. The molecule has 0 spiro atoms. The summed E-state index contributed by atoms with van der Waals surface area (Å²) >= 11 is 0. The van der Waals surface area contributed by atoms with Gasteiger partial charge in [-0.15, -0.1) is 0 Å². The smallest absolute Gasteiger partial charge is 0.232 e. The molecule has 1 aromatic rings. The third-order valence-electron chi connectivity index (χ3n) is 4.26. The maximum Gasteiger partial charge on any atom is 0.232 e. The molecule has 1 saturated heterocycles. The Balaban J connectivity index is 1.82. The van der Waals surface area contributed by atoms with Gasteiger partial charge in [-0.2, -0.15) is 0 Å². The summed E-state index contributed by atoms with van der Waals surface area (Å²) in [6, 6.07) is 8.64. The van der Waals surface area contributed by atoms with Gasteiger partial charge >= 0.3 is 0 Å². The van der Waals surface area contributed by atoms with Crippen molar-refractivity contribution >= 4 is 11.6 Å². The molecule has 2 aliphatic rings. The van der Waals surface area contributed by atoms with Crippen LogP contribution in [0.15, 0.2) is 24.3 Å². The van der Waals surface area contributed by atoms with E-state index < -0.39 is 0 Å². The van der Waals surface area contributed by atoms with Gasteiger partial charge in [-0.1, -0.05) is 25.1 Å². The lowest BCUT2D eigenvalue weighted by Gasteiger charge is -2.26. The number of benzene rings is 1. The minimum Gasteiger partial charge on any atom is -0.384 e. The van der Waals surface area contributed by atoms with Crippen molar-refractivity contribution < 1.29 is 4.79 Å². The Hall–Kier alpha value is -1.51. The summed E-state index contributed by atoms with van der Waals surface area (Å²) in [5, 5.41) is 3.34. The molecule has 18 heavy (non-hydrogen) atoms. The van der Waals surface area contributed by atoms with E-state index in [4.69, 9.17) is 0 Å². The van der Waals surface area contributed by atoms with Crippen LogP contribution in [0.5, 0.6) is 0 Å². The van der Waals surface area contributed by atoms with E-state index in [-0.39, 0.29) is 5.92 Å². The second-order valence-corrected chi connectivity index (χ2v) is 5.26. The van der Waals surface area contributed by atoms with E-state index in [0.29, 0.717) is 11.9 Å². The highest BCUT2D eigenvalue weighted by atomic mass is 16.2. The third-order valence-corrected chi connectivity index (χ3v) is 4.26. The summed E-state index contributed by atoms with van der Waals surface area (Å²) in [4.78, 5) is 14.8. The molecule has 3 nitrogen and oxygen atoms in total. The highest BCUT2D eigenvalue weighted by Gasteiger charge is 2.35. The SMILES string of the molecule is CCC1CCCN1C(=O)C1CNc2ccccc21. The Bertz CT molecular complexity index is 458. The van der Waals surface area contributed by atoms with Gasteiger partial charge in [0.2, 0.25) is 5.91 Å². The number of carbonyl (C=O) groups is 1. The molecule has 96 valence electrons. The Kier molecular flexibility index (Phi) is 2.98. The van der Waals surface area contributed by atoms with Crippen LogP contribution in [0.4, 0.5) is 5.69 Å². The number of fused-ring (bicyclic) bond motifs is 1. The van der Waals surface area contributed by atoms with Crippen molar-refractivity contribution in [2.24, 2.45) is 0 Å². The molecule has 1 amide bonds. The van der Waals surface area contributed by atoms with Crippen LogP contribution < -0.4 is 5.32 Å². The number of carbonyl (C=O) groups excluding carboxylic acids is 1. The van der Waals surface area contributed by atoms with E-state index in [0.717, 1.165) is 31.6 Å². The first-order valence-electron chi connectivity index (χ1n) is 6.94. The molecule has 1 aromatic carbocycles. The predicted octanol–water partition coefficient (Wildman–Crippen LogP) is 2.60. The van der Waals surface area contributed by atoms with Gasteiger partial charge in [0, 0.05) is 24.8 Å². The number of nitrogens with one attached hydrogen (secondary N) is 1. The summed E-state index contributed by atoms with van der Waals surface area (Å²) in [5.41, 5.74) is 2.30. The highest BCUT2D eigenvalue weighted by Crippen LogP contribution is 2.34. The first-order chi connectivity index (χ1) is 8.81. The predicted molar refractivity (Wildman–Crippen MR) is 72.7 cm³/mol. The Labute approximate surface area is 108 Å². The van der Waals surface area contributed by atoms with E-state index in [1.165, 1.54) is 12.0 Å². The summed E-state index contributed by atoms with van der Waals surface area (Å²) in [5.74, 6) is 0.338. The fourth-order valence-corrected chi connectivity index (χ4v) is 3.25. The van der Waals surface area contributed by atoms with Gasteiger partial charge in [-0.3, -0.25) is 4.79 Å². The molecular formula is C15H20N2O. The third kappa shape index (κ3) is 1.78. The first kappa shape index (κ1) is 11.6. The van der Waals surface area contributed by atoms with Gasteiger partial charge in [0.25, 0.3) is 0 Å². The number of hydrogen-bond donors (Lipinski definition) is 1. The zero-order valence-corrected chi connectivity index (χ0v) is 10.9. The summed E-state index contributed by atoms with van der Waals surface area (Å²) in [6.45, 7) is 3.87. The zero-order chi connectivity index (χ0) is 12.5. The van der Waals surface area contributed by atoms with E-state index in [1.54, 1.807) is 0 Å². The number of rotatable bonds is 2. The molecule has 2 heterocycles. The second-order valence-electron chi connectivity index (χ2n) is 5.26. The number of anilines is 1. The van der Waals surface area contributed by atoms with E-state index in [9.17, 15) is 4.79 Å². The average molecular weight is 244 g/mol. The van der Waals surface area contributed by atoms with Gasteiger partial charge in [0.15, 0.2) is 0 Å². The van der Waals surface area contributed by atoms with Gasteiger partial charge in [0.05, 0.1) is 5.92 Å². The standard InChI is InChI=1S/C15H20N2O/c1-2-11-6-5-9-17(11)15(18)13-10-16-14-8-4-3-7-12(13)14/h3-4,7-8,11,13,16H,2,5-6,9-10H2,1H3. The Morgan fingerprint density at radius 3 is 3.11 bits per heavy atom. The molecule has 1 N–H and O–H groups in total. The zero-order valence-electron chi connectivity index (χ0n) is 10.9. The van der Waals surface area contributed by atoms with Crippen molar-refractivity contribution in [3.8, 4) is 0 Å². The van der Waals surface area contributed by atoms with E-state index >= 15 is 0 Å². The number of likely N-dealkylation sites (tertiary alicyclic amines) is 1. The van der Waals surface area contributed by atoms with Crippen molar-refractivity contribution in [3.63, 3.8) is 0 Å². The van der Waals surface area contributed by atoms with Crippen molar-refractivity contribution in [1.82, 2.24) is 4.90 Å². The van der Waals surface area contributed by atoms with Gasteiger partial charge in [-0.25, -0.2) is 0 Å². The topological polar surface area (TPSA) is 32.3 Å². The van der Waals surface area contributed by atoms with Crippen LogP contribution in [-0.4, -0.2) is 29.9 Å². The molecule has 0 aromatic heterocycles. The molecular weight excluding hydrogens is 224 g/mol. The molecule has 3 heteroatoms. The average Bonchev–Trinajstić information content (AvgIpc) is 3.04. The molecule has 2 aliphatic heterocycles. The molecule has 2 unspecified atom stereocenters. The molecule has 3 rings (SSSR count). The molecule has 0 saturated carbocycles. The monoisotopic (exact) mass is 244 g/mol. The van der Waals surface area contributed by atoms with Gasteiger partial charge < -0.3 is 10.2 Å². The molecule has 1 fully saturated rings. The van der Waals surface area contributed by atoms with E-state index in [1.807, 2.05) is 12.1 Å². The fraction of sp³-hybridized carbons (Fsp3) is 0.533. The van der Waals surface area contributed by atoms with Crippen molar-refractivity contribution in [2.75, 3.05) is 18.4 Å². The van der Waals surface area contributed by atoms with Crippen LogP contribution >= 0.6 is 0 Å². The van der Waals surface area contributed by atoms with Crippen molar-refractivity contribution in [2.45, 2.75) is 38.1 Å². The number of amides is 1.